The second-order valence-corrected chi connectivity index (χ2v) is 7.72. The average Bonchev–Trinajstić information content (AvgIpc) is 3.24. The number of thiazole rings is 1. The lowest BCUT2D eigenvalue weighted by molar-refractivity contribution is -0.117. The summed E-state index contributed by atoms with van der Waals surface area (Å²) in [5.74, 6) is 0.394. The summed E-state index contributed by atoms with van der Waals surface area (Å²) in [5.41, 5.74) is 1.00. The van der Waals surface area contributed by atoms with E-state index < -0.39 is 0 Å². The quantitative estimate of drug-likeness (QED) is 0.666. The maximum Gasteiger partial charge on any atom is 0.267 e. The van der Waals surface area contributed by atoms with Gasteiger partial charge in [0.15, 0.2) is 5.13 Å². The van der Waals surface area contributed by atoms with E-state index in [9.17, 15) is 9.59 Å². The van der Waals surface area contributed by atoms with Gasteiger partial charge in [0, 0.05) is 50.4 Å². The molecule has 9 heteroatoms. The summed E-state index contributed by atoms with van der Waals surface area (Å²) < 4.78 is 1.20. The number of hydrogen-bond acceptors (Lipinski definition) is 7. The van der Waals surface area contributed by atoms with Gasteiger partial charge in [0.2, 0.25) is 5.91 Å². The minimum Gasteiger partial charge on any atom is -0.353 e. The number of anilines is 2. The van der Waals surface area contributed by atoms with Crippen LogP contribution in [-0.2, 0) is 17.9 Å². The highest BCUT2D eigenvalue weighted by atomic mass is 32.1. The molecule has 0 saturated carbocycles. The first kappa shape index (κ1) is 19.3. The molecule has 0 aliphatic carbocycles. The second kappa shape index (κ2) is 8.97. The predicted molar refractivity (Wildman–Crippen MR) is 113 cm³/mol. The Bertz CT molecular complexity index is 997. The normalized spacial score (nSPS) is 14.7. The van der Waals surface area contributed by atoms with Gasteiger partial charge in [-0.25, -0.2) is 9.67 Å². The maximum absolute atomic E-state index is 12.2. The highest BCUT2D eigenvalue weighted by molar-refractivity contribution is 7.13. The van der Waals surface area contributed by atoms with E-state index in [-0.39, 0.29) is 18.0 Å². The number of hydrogen-bond donors (Lipinski definition) is 1. The van der Waals surface area contributed by atoms with E-state index in [0.29, 0.717) is 10.9 Å². The summed E-state index contributed by atoms with van der Waals surface area (Å²) in [6.07, 6.45) is 1.61. The zero-order valence-corrected chi connectivity index (χ0v) is 16.7. The van der Waals surface area contributed by atoms with Crippen molar-refractivity contribution in [2.45, 2.75) is 13.1 Å². The van der Waals surface area contributed by atoms with E-state index in [1.165, 1.54) is 27.6 Å². The molecule has 2 aromatic heterocycles. The second-order valence-electron chi connectivity index (χ2n) is 6.82. The number of aromatic nitrogens is 3. The minimum atomic E-state index is -0.320. The van der Waals surface area contributed by atoms with Crippen LogP contribution in [0.5, 0.6) is 0 Å². The van der Waals surface area contributed by atoms with E-state index in [0.717, 1.165) is 32.7 Å². The third-order valence-electron chi connectivity index (χ3n) is 4.77. The zero-order chi connectivity index (χ0) is 20.1. The molecule has 0 radical (unpaired) electrons. The average molecular weight is 411 g/mol. The van der Waals surface area contributed by atoms with E-state index in [1.54, 1.807) is 17.6 Å². The molecule has 0 atom stereocenters. The van der Waals surface area contributed by atoms with Gasteiger partial charge in [-0.15, -0.1) is 11.3 Å². The number of carbonyl (C=O) groups excluding carboxylic acids is 1. The van der Waals surface area contributed by atoms with Crippen LogP contribution in [0.1, 0.15) is 5.56 Å². The van der Waals surface area contributed by atoms with Crippen LogP contribution in [0, 0.1) is 0 Å². The van der Waals surface area contributed by atoms with Crippen molar-refractivity contribution < 1.29 is 4.79 Å². The molecule has 29 heavy (non-hydrogen) atoms. The Morgan fingerprint density at radius 1 is 1.07 bits per heavy atom. The monoisotopic (exact) mass is 410 g/mol. The third-order valence-corrected chi connectivity index (χ3v) is 5.46. The minimum absolute atomic E-state index is 0.139. The smallest absolute Gasteiger partial charge is 0.267 e. The number of piperazine rings is 1. The molecule has 4 rings (SSSR count). The molecular formula is C20H22N6O2S. The van der Waals surface area contributed by atoms with Crippen LogP contribution in [0.25, 0.3) is 0 Å². The maximum atomic E-state index is 12.2. The van der Waals surface area contributed by atoms with Crippen molar-refractivity contribution in [2.75, 3.05) is 36.4 Å². The molecule has 0 spiro atoms. The molecule has 0 bridgehead atoms. The van der Waals surface area contributed by atoms with Crippen molar-refractivity contribution in [2.24, 2.45) is 0 Å². The van der Waals surface area contributed by atoms with Gasteiger partial charge >= 0.3 is 0 Å². The van der Waals surface area contributed by atoms with Gasteiger partial charge < -0.3 is 10.2 Å². The van der Waals surface area contributed by atoms with Crippen LogP contribution in [0.15, 0.2) is 58.8 Å². The van der Waals surface area contributed by atoms with Crippen molar-refractivity contribution in [1.29, 1.82) is 0 Å². The summed E-state index contributed by atoms with van der Waals surface area (Å²) in [4.78, 5) is 32.9. The van der Waals surface area contributed by atoms with Crippen molar-refractivity contribution >= 4 is 28.2 Å². The summed E-state index contributed by atoms with van der Waals surface area (Å²) >= 11 is 1.33. The highest BCUT2D eigenvalue weighted by Gasteiger charge is 2.19. The molecule has 1 N–H and O–H groups in total. The van der Waals surface area contributed by atoms with Gasteiger partial charge in [0.25, 0.3) is 5.56 Å². The van der Waals surface area contributed by atoms with Gasteiger partial charge in [-0.3, -0.25) is 14.5 Å². The molecule has 150 valence electrons. The van der Waals surface area contributed by atoms with Crippen LogP contribution in [0.3, 0.4) is 0 Å². The summed E-state index contributed by atoms with van der Waals surface area (Å²) in [7, 11) is 0. The molecule has 0 unspecified atom stereocenters. The Labute approximate surface area is 172 Å². The first-order valence-corrected chi connectivity index (χ1v) is 10.3. The third kappa shape index (κ3) is 5.07. The van der Waals surface area contributed by atoms with Crippen LogP contribution < -0.4 is 15.8 Å². The fourth-order valence-corrected chi connectivity index (χ4v) is 3.82. The van der Waals surface area contributed by atoms with Crippen molar-refractivity contribution in [1.82, 2.24) is 19.7 Å². The molecule has 1 aliphatic rings. The SMILES string of the molecule is O=C(Cn1nc(N2CCN(Cc3ccccc3)CC2)ccc1=O)Nc1nccs1. The Kier molecular flexibility index (Phi) is 5.97. The molecular weight excluding hydrogens is 388 g/mol. The summed E-state index contributed by atoms with van der Waals surface area (Å²) in [5, 5.41) is 9.37. The van der Waals surface area contributed by atoms with Crippen LogP contribution in [-0.4, -0.2) is 51.8 Å². The lowest BCUT2D eigenvalue weighted by atomic mass is 10.2. The summed E-state index contributed by atoms with van der Waals surface area (Å²) in [6, 6.07) is 13.6. The molecule has 1 saturated heterocycles. The van der Waals surface area contributed by atoms with Crippen molar-refractivity contribution in [3.63, 3.8) is 0 Å². The number of nitrogens with one attached hydrogen (secondary N) is 1. The van der Waals surface area contributed by atoms with Gasteiger partial charge in [-0.05, 0) is 11.6 Å². The number of carbonyl (C=O) groups is 1. The fourth-order valence-electron chi connectivity index (χ4n) is 3.28. The number of rotatable bonds is 6. The van der Waals surface area contributed by atoms with Gasteiger partial charge in [-0.1, -0.05) is 30.3 Å². The van der Waals surface area contributed by atoms with Gasteiger partial charge in [-0.2, -0.15) is 5.10 Å². The largest absolute Gasteiger partial charge is 0.353 e. The molecule has 1 fully saturated rings. The highest BCUT2D eigenvalue weighted by Crippen LogP contribution is 2.14. The number of amides is 1. The van der Waals surface area contributed by atoms with Gasteiger partial charge in [0.1, 0.15) is 12.4 Å². The van der Waals surface area contributed by atoms with E-state index in [1.807, 2.05) is 6.07 Å². The van der Waals surface area contributed by atoms with Crippen LogP contribution in [0.4, 0.5) is 10.9 Å². The van der Waals surface area contributed by atoms with Crippen molar-refractivity contribution in [3.05, 3.63) is 70.0 Å². The standard InChI is InChI=1S/C20H22N6O2S/c27-18(22-20-21-8-13-29-20)15-26-19(28)7-6-17(23-26)25-11-9-24(10-12-25)14-16-4-2-1-3-5-16/h1-8,13H,9-12,14-15H2,(H,21,22,27). The lowest BCUT2D eigenvalue weighted by Gasteiger charge is -2.35. The van der Waals surface area contributed by atoms with Gasteiger partial charge in [0.05, 0.1) is 0 Å². The predicted octanol–water partition coefficient (Wildman–Crippen LogP) is 1.66. The Morgan fingerprint density at radius 3 is 2.59 bits per heavy atom. The van der Waals surface area contributed by atoms with E-state index in [4.69, 9.17) is 0 Å². The molecule has 8 nitrogen and oxygen atoms in total. The first-order valence-electron chi connectivity index (χ1n) is 9.46. The number of nitrogens with zero attached hydrogens (tertiary/aromatic N) is 5. The lowest BCUT2D eigenvalue weighted by Crippen LogP contribution is -2.46. The topological polar surface area (TPSA) is 83.4 Å². The van der Waals surface area contributed by atoms with Crippen LogP contribution >= 0.6 is 11.3 Å². The molecule has 1 aliphatic heterocycles. The van der Waals surface area contributed by atoms with E-state index >= 15 is 0 Å². The summed E-state index contributed by atoms with van der Waals surface area (Å²) in [6.45, 7) is 4.27. The number of benzene rings is 1. The molecule has 3 aromatic rings. The zero-order valence-electron chi connectivity index (χ0n) is 15.9. The molecule has 1 aromatic carbocycles. The van der Waals surface area contributed by atoms with Crippen LogP contribution in [0.2, 0.25) is 0 Å². The Balaban J connectivity index is 1.36. The first-order chi connectivity index (χ1) is 14.2. The van der Waals surface area contributed by atoms with E-state index in [2.05, 4.69) is 49.5 Å². The fraction of sp³-hybridized carbons (Fsp3) is 0.300. The Hall–Kier alpha value is -3.04. The Morgan fingerprint density at radius 2 is 1.86 bits per heavy atom. The molecule has 1 amide bonds. The van der Waals surface area contributed by atoms with Crippen molar-refractivity contribution in [3.8, 4) is 0 Å². The molecule has 3 heterocycles.